The molecule has 3 heteroatoms. The van der Waals surface area contributed by atoms with Crippen molar-refractivity contribution < 1.29 is 9.13 Å². The van der Waals surface area contributed by atoms with E-state index in [1.165, 1.54) is 19.3 Å². The van der Waals surface area contributed by atoms with Gasteiger partial charge in [-0.3, -0.25) is 0 Å². The monoisotopic (exact) mass is 265 g/mol. The summed E-state index contributed by atoms with van der Waals surface area (Å²) in [4.78, 5) is 0. The number of benzene rings is 1. The Morgan fingerprint density at radius 1 is 1.16 bits per heavy atom. The fraction of sp³-hybridized carbons (Fsp3) is 0.625. The molecule has 0 saturated heterocycles. The predicted molar refractivity (Wildman–Crippen MR) is 76.1 cm³/mol. The van der Waals surface area contributed by atoms with E-state index in [9.17, 15) is 4.39 Å². The molecule has 0 bridgehead atoms. The SMILES string of the molecule is CNC1CCCCCCC1Oc1cccc(C)c1F. The van der Waals surface area contributed by atoms with Crippen molar-refractivity contribution in [3.63, 3.8) is 0 Å². The molecular formula is C16H24FNO. The zero-order valence-corrected chi connectivity index (χ0v) is 11.9. The van der Waals surface area contributed by atoms with Crippen LogP contribution in [0.3, 0.4) is 0 Å². The molecular weight excluding hydrogens is 241 g/mol. The summed E-state index contributed by atoms with van der Waals surface area (Å²) in [6.07, 6.45) is 7.11. The van der Waals surface area contributed by atoms with Gasteiger partial charge in [-0.1, -0.05) is 31.4 Å². The number of halogens is 1. The fourth-order valence-electron chi connectivity index (χ4n) is 2.80. The van der Waals surface area contributed by atoms with E-state index in [4.69, 9.17) is 4.74 Å². The van der Waals surface area contributed by atoms with E-state index in [2.05, 4.69) is 5.32 Å². The molecule has 2 unspecified atom stereocenters. The van der Waals surface area contributed by atoms with Gasteiger partial charge < -0.3 is 10.1 Å². The molecule has 0 aromatic heterocycles. The summed E-state index contributed by atoms with van der Waals surface area (Å²) in [6, 6.07) is 5.68. The second-order valence-electron chi connectivity index (χ2n) is 5.43. The van der Waals surface area contributed by atoms with Gasteiger partial charge in [0.2, 0.25) is 0 Å². The van der Waals surface area contributed by atoms with E-state index in [0.717, 1.165) is 19.3 Å². The van der Waals surface area contributed by atoms with Crippen molar-refractivity contribution in [2.24, 2.45) is 0 Å². The standard InChI is InChI=1S/C16H24FNO/c1-12-8-7-11-15(16(12)17)19-14-10-6-4-3-5-9-13(14)18-2/h7-8,11,13-14,18H,3-6,9-10H2,1-2H3. The Hall–Kier alpha value is -1.09. The van der Waals surface area contributed by atoms with Crippen molar-refractivity contribution in [1.29, 1.82) is 0 Å². The van der Waals surface area contributed by atoms with E-state index in [1.807, 2.05) is 13.1 Å². The number of hydrogen-bond donors (Lipinski definition) is 1. The second kappa shape index (κ2) is 6.90. The van der Waals surface area contributed by atoms with Gasteiger partial charge in [-0.2, -0.15) is 0 Å². The Kier molecular flexibility index (Phi) is 5.20. The average molecular weight is 265 g/mol. The van der Waals surface area contributed by atoms with Gasteiger partial charge in [0.15, 0.2) is 11.6 Å². The molecule has 1 aliphatic rings. The Balaban J connectivity index is 2.11. The molecule has 0 heterocycles. The smallest absolute Gasteiger partial charge is 0.167 e. The largest absolute Gasteiger partial charge is 0.486 e. The van der Waals surface area contributed by atoms with Crippen LogP contribution in [-0.2, 0) is 0 Å². The lowest BCUT2D eigenvalue weighted by molar-refractivity contribution is 0.125. The molecule has 0 amide bonds. The third kappa shape index (κ3) is 3.69. The quantitative estimate of drug-likeness (QED) is 0.897. The van der Waals surface area contributed by atoms with E-state index in [-0.39, 0.29) is 11.9 Å². The van der Waals surface area contributed by atoms with Crippen molar-refractivity contribution in [2.45, 2.75) is 57.6 Å². The summed E-state index contributed by atoms with van der Waals surface area (Å²) in [7, 11) is 1.97. The van der Waals surface area contributed by atoms with Gasteiger partial charge in [0.05, 0.1) is 0 Å². The lowest BCUT2D eigenvalue weighted by atomic mass is 9.94. The maximum Gasteiger partial charge on any atom is 0.167 e. The third-order valence-electron chi connectivity index (χ3n) is 4.01. The molecule has 1 aromatic rings. The molecule has 1 saturated carbocycles. The third-order valence-corrected chi connectivity index (χ3v) is 4.01. The number of aryl methyl sites for hydroxylation is 1. The molecule has 2 rings (SSSR count). The van der Waals surface area contributed by atoms with Crippen molar-refractivity contribution in [1.82, 2.24) is 5.32 Å². The molecule has 1 N–H and O–H groups in total. The van der Waals surface area contributed by atoms with Gasteiger partial charge in [0.25, 0.3) is 0 Å². The van der Waals surface area contributed by atoms with Crippen LogP contribution in [0.4, 0.5) is 4.39 Å². The van der Waals surface area contributed by atoms with Crippen molar-refractivity contribution in [3.8, 4) is 5.75 Å². The number of rotatable bonds is 3. The second-order valence-corrected chi connectivity index (χ2v) is 5.43. The minimum Gasteiger partial charge on any atom is -0.486 e. The van der Waals surface area contributed by atoms with Crippen molar-refractivity contribution >= 4 is 0 Å². The molecule has 0 radical (unpaired) electrons. The van der Waals surface area contributed by atoms with Crippen LogP contribution in [0.1, 0.15) is 44.1 Å². The van der Waals surface area contributed by atoms with Crippen LogP contribution in [0.2, 0.25) is 0 Å². The summed E-state index contributed by atoms with van der Waals surface area (Å²) in [5, 5.41) is 3.33. The Morgan fingerprint density at radius 2 is 1.89 bits per heavy atom. The first-order chi connectivity index (χ1) is 9.22. The maximum absolute atomic E-state index is 14.0. The van der Waals surface area contributed by atoms with Gasteiger partial charge in [-0.25, -0.2) is 4.39 Å². The van der Waals surface area contributed by atoms with E-state index >= 15 is 0 Å². The number of ether oxygens (including phenoxy) is 1. The zero-order chi connectivity index (χ0) is 13.7. The summed E-state index contributed by atoms with van der Waals surface area (Å²) >= 11 is 0. The molecule has 1 aliphatic carbocycles. The van der Waals surface area contributed by atoms with Gasteiger partial charge in [-0.05, 0) is 44.9 Å². The predicted octanol–water partition coefficient (Wildman–Crippen LogP) is 3.82. The van der Waals surface area contributed by atoms with E-state index in [0.29, 0.717) is 17.4 Å². The molecule has 1 fully saturated rings. The molecule has 0 aliphatic heterocycles. The summed E-state index contributed by atoms with van der Waals surface area (Å²) < 4.78 is 20.0. The van der Waals surface area contributed by atoms with Crippen LogP contribution in [-0.4, -0.2) is 19.2 Å². The van der Waals surface area contributed by atoms with Crippen molar-refractivity contribution in [3.05, 3.63) is 29.6 Å². The van der Waals surface area contributed by atoms with E-state index in [1.54, 1.807) is 19.1 Å². The first-order valence-corrected chi connectivity index (χ1v) is 7.31. The van der Waals surface area contributed by atoms with Gasteiger partial charge in [0.1, 0.15) is 6.10 Å². The first kappa shape index (κ1) is 14.3. The highest BCUT2D eigenvalue weighted by Crippen LogP contribution is 2.26. The number of nitrogens with one attached hydrogen (secondary N) is 1. The Bertz CT molecular complexity index is 408. The average Bonchev–Trinajstić information content (AvgIpc) is 2.38. The highest BCUT2D eigenvalue weighted by atomic mass is 19.1. The van der Waals surface area contributed by atoms with Crippen LogP contribution in [0.5, 0.6) is 5.75 Å². The number of hydrogen-bond acceptors (Lipinski definition) is 2. The van der Waals surface area contributed by atoms with E-state index < -0.39 is 0 Å². The summed E-state index contributed by atoms with van der Waals surface area (Å²) in [6.45, 7) is 1.77. The van der Waals surface area contributed by atoms with Gasteiger partial charge in [-0.15, -0.1) is 0 Å². The highest BCUT2D eigenvalue weighted by molar-refractivity contribution is 5.30. The fourth-order valence-corrected chi connectivity index (χ4v) is 2.80. The topological polar surface area (TPSA) is 21.3 Å². The first-order valence-electron chi connectivity index (χ1n) is 7.31. The van der Waals surface area contributed by atoms with Crippen LogP contribution in [0, 0.1) is 12.7 Å². The minimum atomic E-state index is -0.223. The molecule has 19 heavy (non-hydrogen) atoms. The lowest BCUT2D eigenvalue weighted by Gasteiger charge is -2.30. The number of likely N-dealkylation sites (N-methyl/N-ethyl adjacent to an activating group) is 1. The highest BCUT2D eigenvalue weighted by Gasteiger charge is 2.24. The van der Waals surface area contributed by atoms with Crippen LogP contribution < -0.4 is 10.1 Å². The van der Waals surface area contributed by atoms with Crippen molar-refractivity contribution in [2.75, 3.05) is 7.05 Å². The molecule has 2 nitrogen and oxygen atoms in total. The molecule has 2 atom stereocenters. The van der Waals surface area contributed by atoms with Crippen LogP contribution in [0.25, 0.3) is 0 Å². The minimum absolute atomic E-state index is 0.0709. The molecule has 1 aromatic carbocycles. The summed E-state index contributed by atoms with van der Waals surface area (Å²) in [5.74, 6) is 0.172. The van der Waals surface area contributed by atoms with Crippen LogP contribution in [0.15, 0.2) is 18.2 Å². The zero-order valence-electron chi connectivity index (χ0n) is 11.9. The normalized spacial score (nSPS) is 24.6. The van der Waals surface area contributed by atoms with Crippen LogP contribution >= 0.6 is 0 Å². The maximum atomic E-state index is 14.0. The van der Waals surface area contributed by atoms with Gasteiger partial charge >= 0.3 is 0 Å². The Labute approximate surface area is 115 Å². The molecule has 106 valence electrons. The Morgan fingerprint density at radius 3 is 2.63 bits per heavy atom. The lowest BCUT2D eigenvalue weighted by Crippen LogP contribution is -2.42. The summed E-state index contributed by atoms with van der Waals surface area (Å²) in [5.41, 5.74) is 0.643. The molecule has 0 spiro atoms. The van der Waals surface area contributed by atoms with Gasteiger partial charge in [0, 0.05) is 6.04 Å².